The molecule has 1 aromatic carbocycles. The Morgan fingerprint density at radius 3 is 2.60 bits per heavy atom. The van der Waals surface area contributed by atoms with Gasteiger partial charge in [0.2, 0.25) is 0 Å². The lowest BCUT2D eigenvalue weighted by Gasteiger charge is -1.99. The zero-order valence-electron chi connectivity index (χ0n) is 5.47. The number of hydrogen-bond donors (Lipinski definition) is 1. The summed E-state index contributed by atoms with van der Waals surface area (Å²) in [6, 6.07) is 5.09. The van der Waals surface area contributed by atoms with Crippen LogP contribution in [0.2, 0.25) is 0 Å². The maximum Gasteiger partial charge on any atom is 0.123 e. The van der Waals surface area contributed by atoms with Gasteiger partial charge in [-0.25, -0.2) is 0 Å². The molecule has 0 unspecified atom stereocenters. The van der Waals surface area contributed by atoms with Crippen LogP contribution >= 0.6 is 22.6 Å². The molecule has 0 amide bonds. The topological polar surface area (TPSA) is 29.5 Å². The molecular weight excluding hydrogens is 243 g/mol. The maximum absolute atomic E-state index is 9.04. The van der Waals surface area contributed by atoms with Gasteiger partial charge in [0.05, 0.1) is 7.11 Å². The van der Waals surface area contributed by atoms with Crippen molar-refractivity contribution in [1.29, 1.82) is 0 Å². The van der Waals surface area contributed by atoms with Crippen molar-refractivity contribution >= 4 is 22.6 Å². The summed E-state index contributed by atoms with van der Waals surface area (Å²) in [5, 5.41) is 9.04. The van der Waals surface area contributed by atoms with Crippen molar-refractivity contribution in [1.82, 2.24) is 0 Å². The van der Waals surface area contributed by atoms with E-state index in [-0.39, 0.29) is 5.75 Å². The number of halogens is 1. The first-order valence-electron chi connectivity index (χ1n) is 2.76. The fraction of sp³-hybridized carbons (Fsp3) is 0.143. The number of phenolic OH excluding ortho intramolecular Hbond substituents is 1. The van der Waals surface area contributed by atoms with Crippen LogP contribution in [0.25, 0.3) is 0 Å². The molecule has 0 saturated carbocycles. The third-order valence-corrected chi connectivity index (χ3v) is 1.71. The molecule has 0 atom stereocenters. The second kappa shape index (κ2) is 3.09. The van der Waals surface area contributed by atoms with Gasteiger partial charge >= 0.3 is 0 Å². The summed E-state index contributed by atoms with van der Waals surface area (Å²) in [7, 11) is 1.57. The van der Waals surface area contributed by atoms with E-state index in [0.717, 1.165) is 3.57 Å². The lowest BCUT2D eigenvalue weighted by atomic mass is 10.3. The summed E-state index contributed by atoms with van der Waals surface area (Å²) >= 11 is 2.11. The van der Waals surface area contributed by atoms with Crippen LogP contribution < -0.4 is 4.74 Å². The van der Waals surface area contributed by atoms with Crippen LogP contribution in [0.15, 0.2) is 18.2 Å². The van der Waals surface area contributed by atoms with Crippen LogP contribution in [0.1, 0.15) is 0 Å². The summed E-state index contributed by atoms with van der Waals surface area (Å²) in [6.45, 7) is 0. The Labute approximate surface area is 73.0 Å². The van der Waals surface area contributed by atoms with Crippen molar-refractivity contribution < 1.29 is 9.84 Å². The third-order valence-electron chi connectivity index (χ3n) is 1.09. The van der Waals surface area contributed by atoms with Crippen molar-refractivity contribution in [2.24, 2.45) is 0 Å². The zero-order valence-corrected chi connectivity index (χ0v) is 7.62. The number of hydrogen-bond acceptors (Lipinski definition) is 2. The third kappa shape index (κ3) is 1.76. The highest BCUT2D eigenvalue weighted by molar-refractivity contribution is 14.1. The Bertz CT molecular complexity index is 215. The van der Waals surface area contributed by atoms with Crippen molar-refractivity contribution in [3.05, 3.63) is 21.8 Å². The molecule has 1 N–H and O–H groups in total. The lowest BCUT2D eigenvalue weighted by molar-refractivity contribution is 0.407. The second-order valence-corrected chi connectivity index (χ2v) is 3.09. The summed E-state index contributed by atoms with van der Waals surface area (Å²) < 4.78 is 5.88. The van der Waals surface area contributed by atoms with E-state index in [1.54, 1.807) is 19.2 Å². The summed E-state index contributed by atoms with van der Waals surface area (Å²) in [5.41, 5.74) is 0. The van der Waals surface area contributed by atoms with Gasteiger partial charge in [-0.15, -0.1) is 0 Å². The number of rotatable bonds is 1. The molecule has 0 aliphatic heterocycles. The van der Waals surface area contributed by atoms with Gasteiger partial charge in [0.1, 0.15) is 11.5 Å². The smallest absolute Gasteiger partial charge is 0.123 e. The Hall–Kier alpha value is -0.450. The number of aromatic hydroxyl groups is 1. The Balaban J connectivity index is 3.06. The highest BCUT2D eigenvalue weighted by Gasteiger charge is 1.95. The van der Waals surface area contributed by atoms with E-state index in [0.29, 0.717) is 5.75 Å². The maximum atomic E-state index is 9.04. The van der Waals surface area contributed by atoms with Crippen LogP contribution in [-0.2, 0) is 0 Å². The summed E-state index contributed by atoms with van der Waals surface area (Å²) in [6.07, 6.45) is 0. The average Bonchev–Trinajstić information content (AvgIpc) is 1.85. The highest BCUT2D eigenvalue weighted by atomic mass is 127. The predicted molar refractivity (Wildman–Crippen MR) is 47.4 cm³/mol. The molecule has 0 spiro atoms. The van der Waals surface area contributed by atoms with E-state index in [4.69, 9.17) is 9.84 Å². The SMILES string of the molecule is COc1cc(O)cc(I)c1. The number of phenols is 1. The highest BCUT2D eigenvalue weighted by Crippen LogP contribution is 2.21. The van der Waals surface area contributed by atoms with Gasteiger partial charge in [0.25, 0.3) is 0 Å². The van der Waals surface area contributed by atoms with Crippen molar-refractivity contribution in [3.63, 3.8) is 0 Å². The normalized spacial score (nSPS) is 9.40. The molecule has 0 aliphatic carbocycles. The number of methoxy groups -OCH3 is 1. The van der Waals surface area contributed by atoms with Crippen LogP contribution in [0, 0.1) is 3.57 Å². The van der Waals surface area contributed by atoms with Crippen LogP contribution in [0.4, 0.5) is 0 Å². The number of benzene rings is 1. The van der Waals surface area contributed by atoms with E-state index in [9.17, 15) is 0 Å². The van der Waals surface area contributed by atoms with Gasteiger partial charge in [0.15, 0.2) is 0 Å². The minimum atomic E-state index is 0.240. The first-order chi connectivity index (χ1) is 4.72. The van der Waals surface area contributed by atoms with Gasteiger partial charge in [0, 0.05) is 9.64 Å². The fourth-order valence-electron chi connectivity index (χ4n) is 0.666. The molecule has 0 saturated heterocycles. The first-order valence-corrected chi connectivity index (χ1v) is 3.84. The molecule has 0 fully saturated rings. The van der Waals surface area contributed by atoms with Crippen LogP contribution in [-0.4, -0.2) is 12.2 Å². The van der Waals surface area contributed by atoms with Gasteiger partial charge in [-0.2, -0.15) is 0 Å². The molecule has 1 aromatic rings. The second-order valence-electron chi connectivity index (χ2n) is 1.85. The zero-order chi connectivity index (χ0) is 7.56. The summed E-state index contributed by atoms with van der Waals surface area (Å²) in [5.74, 6) is 0.924. The number of ether oxygens (including phenoxy) is 1. The molecule has 0 aromatic heterocycles. The van der Waals surface area contributed by atoms with Crippen molar-refractivity contribution in [2.75, 3.05) is 7.11 Å². The fourth-order valence-corrected chi connectivity index (χ4v) is 1.29. The van der Waals surface area contributed by atoms with Gasteiger partial charge < -0.3 is 9.84 Å². The first kappa shape index (κ1) is 7.65. The van der Waals surface area contributed by atoms with Gasteiger partial charge in [-0.1, -0.05) is 0 Å². The largest absolute Gasteiger partial charge is 0.508 e. The standard InChI is InChI=1S/C7H7IO2/c1-10-7-3-5(8)2-6(9)4-7/h2-4,9H,1H3. The molecule has 1 rings (SSSR count). The van der Waals surface area contributed by atoms with E-state index in [2.05, 4.69) is 22.6 Å². The molecular formula is C7H7IO2. The van der Waals surface area contributed by atoms with E-state index in [1.807, 2.05) is 6.07 Å². The van der Waals surface area contributed by atoms with Crippen molar-refractivity contribution in [2.45, 2.75) is 0 Å². The quantitative estimate of drug-likeness (QED) is 0.772. The summed E-state index contributed by atoms with van der Waals surface area (Å²) in [4.78, 5) is 0. The Morgan fingerprint density at radius 2 is 2.10 bits per heavy atom. The molecule has 3 heteroatoms. The minimum Gasteiger partial charge on any atom is -0.508 e. The molecule has 2 nitrogen and oxygen atoms in total. The van der Waals surface area contributed by atoms with Crippen LogP contribution in [0.5, 0.6) is 11.5 Å². The molecule has 0 radical (unpaired) electrons. The predicted octanol–water partition coefficient (Wildman–Crippen LogP) is 2.01. The minimum absolute atomic E-state index is 0.240. The molecule has 0 bridgehead atoms. The van der Waals surface area contributed by atoms with Gasteiger partial charge in [-0.3, -0.25) is 0 Å². The molecule has 0 heterocycles. The van der Waals surface area contributed by atoms with E-state index >= 15 is 0 Å². The van der Waals surface area contributed by atoms with Gasteiger partial charge in [-0.05, 0) is 34.7 Å². The monoisotopic (exact) mass is 250 g/mol. The van der Waals surface area contributed by atoms with Crippen LogP contribution in [0.3, 0.4) is 0 Å². The Kier molecular flexibility index (Phi) is 2.37. The molecule has 10 heavy (non-hydrogen) atoms. The van der Waals surface area contributed by atoms with Crippen molar-refractivity contribution in [3.8, 4) is 11.5 Å². The molecule has 0 aliphatic rings. The van der Waals surface area contributed by atoms with E-state index < -0.39 is 0 Å². The van der Waals surface area contributed by atoms with E-state index in [1.165, 1.54) is 0 Å². The average molecular weight is 250 g/mol. The Morgan fingerprint density at radius 1 is 1.40 bits per heavy atom. The lowest BCUT2D eigenvalue weighted by Crippen LogP contribution is -1.82. The molecule has 54 valence electrons.